The summed E-state index contributed by atoms with van der Waals surface area (Å²) in [6.45, 7) is 3.06. The first-order valence-electron chi connectivity index (χ1n) is 7.33. The second-order valence-corrected chi connectivity index (χ2v) is 5.00. The minimum atomic E-state index is -0.0905. The van der Waals surface area contributed by atoms with Crippen LogP contribution in [0.25, 0.3) is 0 Å². The third-order valence-corrected chi connectivity index (χ3v) is 3.55. The molecule has 0 aromatic heterocycles. The molecule has 2 aromatic carbocycles. The number of hydrogen-bond donors (Lipinski definition) is 1. The monoisotopic (exact) mass is 271 g/mol. The van der Waals surface area contributed by atoms with Crippen molar-refractivity contribution < 1.29 is 4.39 Å². The molecule has 0 aliphatic rings. The van der Waals surface area contributed by atoms with Crippen molar-refractivity contribution in [1.29, 1.82) is 0 Å². The van der Waals surface area contributed by atoms with Gasteiger partial charge in [-0.3, -0.25) is 0 Å². The predicted molar refractivity (Wildman–Crippen MR) is 82.2 cm³/mol. The molecule has 106 valence electrons. The zero-order valence-electron chi connectivity index (χ0n) is 12.0. The Morgan fingerprint density at radius 2 is 1.70 bits per heavy atom. The van der Waals surface area contributed by atoms with Crippen LogP contribution in [0.15, 0.2) is 54.6 Å². The van der Waals surface area contributed by atoms with E-state index in [1.165, 1.54) is 11.6 Å². The molecule has 0 heterocycles. The molecule has 0 aliphatic carbocycles. The molecule has 1 atom stereocenters. The van der Waals surface area contributed by atoms with Crippen LogP contribution in [0.2, 0.25) is 0 Å². The van der Waals surface area contributed by atoms with E-state index in [-0.39, 0.29) is 5.82 Å². The van der Waals surface area contributed by atoms with Gasteiger partial charge in [0.05, 0.1) is 0 Å². The van der Waals surface area contributed by atoms with E-state index in [0.29, 0.717) is 6.04 Å². The van der Waals surface area contributed by atoms with Gasteiger partial charge in [0, 0.05) is 6.04 Å². The molecule has 0 saturated heterocycles. The molecule has 20 heavy (non-hydrogen) atoms. The smallest absolute Gasteiger partial charge is 0.126 e. The van der Waals surface area contributed by atoms with E-state index in [1.807, 2.05) is 18.2 Å². The lowest BCUT2D eigenvalue weighted by atomic mass is 9.99. The van der Waals surface area contributed by atoms with Gasteiger partial charge in [0.15, 0.2) is 0 Å². The molecule has 0 amide bonds. The van der Waals surface area contributed by atoms with Crippen molar-refractivity contribution in [2.45, 2.75) is 32.2 Å². The first kappa shape index (κ1) is 14.7. The van der Waals surface area contributed by atoms with Gasteiger partial charge >= 0.3 is 0 Å². The molecule has 0 radical (unpaired) electrons. The molecule has 0 fully saturated rings. The summed E-state index contributed by atoms with van der Waals surface area (Å²) in [5.74, 6) is -0.0905. The number of hydrogen-bond acceptors (Lipinski definition) is 1. The van der Waals surface area contributed by atoms with Crippen LogP contribution < -0.4 is 5.32 Å². The molecule has 1 N–H and O–H groups in total. The van der Waals surface area contributed by atoms with Gasteiger partial charge in [0.2, 0.25) is 0 Å². The maximum Gasteiger partial charge on any atom is 0.126 e. The Hall–Kier alpha value is -1.67. The van der Waals surface area contributed by atoms with E-state index < -0.39 is 0 Å². The van der Waals surface area contributed by atoms with Crippen LogP contribution in [-0.2, 0) is 6.42 Å². The predicted octanol–water partition coefficient (Wildman–Crippen LogP) is 4.50. The Morgan fingerprint density at radius 1 is 1.00 bits per heavy atom. The van der Waals surface area contributed by atoms with Crippen LogP contribution in [0, 0.1) is 5.82 Å². The van der Waals surface area contributed by atoms with Gasteiger partial charge in [-0.25, -0.2) is 4.39 Å². The van der Waals surface area contributed by atoms with Gasteiger partial charge in [-0.15, -0.1) is 0 Å². The molecule has 0 bridgehead atoms. The highest BCUT2D eigenvalue weighted by molar-refractivity contribution is 5.20. The summed E-state index contributed by atoms with van der Waals surface area (Å²) >= 11 is 0. The molecule has 2 rings (SSSR count). The summed E-state index contributed by atoms with van der Waals surface area (Å²) in [5, 5.41) is 3.51. The van der Waals surface area contributed by atoms with E-state index >= 15 is 0 Å². The number of halogens is 1. The normalized spacial score (nSPS) is 12.3. The molecule has 1 unspecified atom stereocenters. The third kappa shape index (κ3) is 4.17. The third-order valence-electron chi connectivity index (χ3n) is 3.55. The molecule has 1 nitrogen and oxygen atoms in total. The fourth-order valence-corrected chi connectivity index (χ4v) is 2.52. The SMILES string of the molecule is CCNC(CCCc1ccccc1F)c1ccccc1. The zero-order chi connectivity index (χ0) is 14.2. The lowest BCUT2D eigenvalue weighted by Crippen LogP contribution is -2.21. The molecule has 2 aromatic rings. The highest BCUT2D eigenvalue weighted by Gasteiger charge is 2.10. The number of benzene rings is 2. The Kier molecular flexibility index (Phi) is 5.75. The second-order valence-electron chi connectivity index (χ2n) is 5.00. The molecular weight excluding hydrogens is 249 g/mol. The Balaban J connectivity index is 1.92. The molecule has 0 aliphatic heterocycles. The largest absolute Gasteiger partial charge is 0.310 e. The van der Waals surface area contributed by atoms with Gasteiger partial charge in [0.1, 0.15) is 5.82 Å². The number of aryl methyl sites for hydroxylation is 1. The highest BCUT2D eigenvalue weighted by atomic mass is 19.1. The van der Waals surface area contributed by atoms with Crippen molar-refractivity contribution in [1.82, 2.24) is 5.32 Å². The Bertz CT molecular complexity index is 510. The summed E-state index contributed by atoms with van der Waals surface area (Å²) in [5.41, 5.74) is 2.12. The van der Waals surface area contributed by atoms with Crippen molar-refractivity contribution >= 4 is 0 Å². The van der Waals surface area contributed by atoms with E-state index in [1.54, 1.807) is 6.07 Å². The first-order valence-corrected chi connectivity index (χ1v) is 7.33. The van der Waals surface area contributed by atoms with Gasteiger partial charge in [-0.2, -0.15) is 0 Å². The lowest BCUT2D eigenvalue weighted by Gasteiger charge is -2.18. The standard InChI is InChI=1S/C18H22FN/c1-2-20-18(16-10-4-3-5-11-16)14-8-12-15-9-6-7-13-17(15)19/h3-7,9-11,13,18,20H,2,8,12,14H2,1H3. The van der Waals surface area contributed by atoms with Crippen molar-refractivity contribution in [2.24, 2.45) is 0 Å². The quantitative estimate of drug-likeness (QED) is 0.782. The molecular formula is C18H22FN. The Morgan fingerprint density at radius 3 is 2.40 bits per heavy atom. The summed E-state index contributed by atoms with van der Waals surface area (Å²) in [7, 11) is 0. The zero-order valence-corrected chi connectivity index (χ0v) is 12.0. The maximum atomic E-state index is 13.6. The van der Waals surface area contributed by atoms with Crippen LogP contribution in [0.4, 0.5) is 4.39 Å². The first-order chi connectivity index (χ1) is 9.81. The van der Waals surface area contributed by atoms with Gasteiger partial charge < -0.3 is 5.32 Å². The van der Waals surface area contributed by atoms with E-state index in [4.69, 9.17) is 0 Å². The van der Waals surface area contributed by atoms with Crippen molar-refractivity contribution in [2.75, 3.05) is 6.54 Å². The fourth-order valence-electron chi connectivity index (χ4n) is 2.52. The van der Waals surface area contributed by atoms with Crippen LogP contribution in [0.1, 0.15) is 36.9 Å². The second kappa shape index (κ2) is 7.81. The average Bonchev–Trinajstić information content (AvgIpc) is 2.49. The van der Waals surface area contributed by atoms with Crippen molar-refractivity contribution in [3.05, 3.63) is 71.5 Å². The van der Waals surface area contributed by atoms with E-state index in [2.05, 4.69) is 36.5 Å². The van der Waals surface area contributed by atoms with Crippen LogP contribution in [-0.4, -0.2) is 6.54 Å². The summed E-state index contributed by atoms with van der Waals surface area (Å²) < 4.78 is 13.6. The minimum absolute atomic E-state index is 0.0905. The topological polar surface area (TPSA) is 12.0 Å². The lowest BCUT2D eigenvalue weighted by molar-refractivity contribution is 0.494. The highest BCUT2D eigenvalue weighted by Crippen LogP contribution is 2.20. The summed E-state index contributed by atoms with van der Waals surface area (Å²) in [6, 6.07) is 17.9. The van der Waals surface area contributed by atoms with Crippen LogP contribution >= 0.6 is 0 Å². The molecule has 0 spiro atoms. The van der Waals surface area contributed by atoms with Crippen molar-refractivity contribution in [3.63, 3.8) is 0 Å². The number of nitrogens with one attached hydrogen (secondary N) is 1. The maximum absolute atomic E-state index is 13.6. The van der Waals surface area contributed by atoms with E-state index in [0.717, 1.165) is 31.4 Å². The minimum Gasteiger partial charge on any atom is -0.310 e. The van der Waals surface area contributed by atoms with Gasteiger partial charge in [-0.1, -0.05) is 55.5 Å². The van der Waals surface area contributed by atoms with Gasteiger partial charge in [-0.05, 0) is 43.0 Å². The van der Waals surface area contributed by atoms with Crippen LogP contribution in [0.5, 0.6) is 0 Å². The molecule has 0 saturated carbocycles. The van der Waals surface area contributed by atoms with Crippen LogP contribution in [0.3, 0.4) is 0 Å². The van der Waals surface area contributed by atoms with Crippen molar-refractivity contribution in [3.8, 4) is 0 Å². The number of rotatable bonds is 7. The molecule has 2 heteroatoms. The average molecular weight is 271 g/mol. The van der Waals surface area contributed by atoms with E-state index in [9.17, 15) is 4.39 Å². The summed E-state index contributed by atoms with van der Waals surface area (Å²) in [4.78, 5) is 0. The summed E-state index contributed by atoms with van der Waals surface area (Å²) in [6.07, 6.45) is 2.79. The Labute approximate surface area is 120 Å². The fraction of sp³-hybridized carbons (Fsp3) is 0.333. The van der Waals surface area contributed by atoms with Gasteiger partial charge in [0.25, 0.3) is 0 Å².